The van der Waals surface area contributed by atoms with Crippen LogP contribution in [0, 0.1) is 21.4 Å². The maximum absolute atomic E-state index is 11.0. The van der Waals surface area contributed by atoms with Crippen LogP contribution < -0.4 is 5.32 Å². The Kier molecular flexibility index (Phi) is 4.41. The van der Waals surface area contributed by atoms with Gasteiger partial charge in [0.2, 0.25) is 0 Å². The maximum Gasteiger partial charge on any atom is 0.293 e. The Hall–Kier alpha value is -2.58. The molecular formula is C15H12ClN3O2. The van der Waals surface area contributed by atoms with Crippen molar-refractivity contribution in [2.45, 2.75) is 13.0 Å². The van der Waals surface area contributed by atoms with Crippen LogP contribution in [0.25, 0.3) is 0 Å². The molecule has 0 radical (unpaired) electrons. The van der Waals surface area contributed by atoms with Gasteiger partial charge in [-0.05, 0) is 30.7 Å². The fraction of sp³-hybridized carbons (Fsp3) is 0.133. The van der Waals surface area contributed by atoms with Gasteiger partial charge in [0.25, 0.3) is 5.69 Å². The fourth-order valence-electron chi connectivity index (χ4n) is 1.95. The summed E-state index contributed by atoms with van der Waals surface area (Å²) in [6, 6.07) is 13.4. The fourth-order valence-corrected chi connectivity index (χ4v) is 2.18. The normalized spacial score (nSPS) is 11.5. The van der Waals surface area contributed by atoms with Crippen molar-refractivity contribution in [2.24, 2.45) is 0 Å². The second-order valence-corrected chi connectivity index (χ2v) is 4.90. The number of rotatable bonds is 4. The van der Waals surface area contributed by atoms with Gasteiger partial charge in [0.05, 0.1) is 21.6 Å². The maximum atomic E-state index is 11.0. The molecule has 0 saturated heterocycles. The van der Waals surface area contributed by atoms with Gasteiger partial charge in [0.1, 0.15) is 5.69 Å². The second kappa shape index (κ2) is 6.25. The van der Waals surface area contributed by atoms with E-state index in [2.05, 4.69) is 5.32 Å². The summed E-state index contributed by atoms with van der Waals surface area (Å²) in [5, 5.41) is 23.2. The van der Waals surface area contributed by atoms with Crippen LogP contribution in [-0.4, -0.2) is 4.92 Å². The van der Waals surface area contributed by atoms with Crippen LogP contribution >= 0.6 is 11.6 Å². The van der Waals surface area contributed by atoms with Crippen LogP contribution in [0.3, 0.4) is 0 Å². The van der Waals surface area contributed by atoms with E-state index >= 15 is 0 Å². The van der Waals surface area contributed by atoms with E-state index in [1.54, 1.807) is 30.3 Å². The lowest BCUT2D eigenvalue weighted by molar-refractivity contribution is -0.384. The van der Waals surface area contributed by atoms with E-state index in [9.17, 15) is 10.1 Å². The highest BCUT2D eigenvalue weighted by Gasteiger charge is 2.18. The first-order valence-corrected chi connectivity index (χ1v) is 6.60. The van der Waals surface area contributed by atoms with Crippen molar-refractivity contribution < 1.29 is 4.92 Å². The number of benzene rings is 2. The number of anilines is 1. The van der Waals surface area contributed by atoms with Crippen LogP contribution in [0.5, 0.6) is 0 Å². The standard InChI is InChI=1S/C15H12ClN3O2/c1-10(12-7-5-11(9-17)6-8-12)18-15-13(16)3-2-4-14(15)19(20)21/h2-8,10,18H,1H3. The molecule has 1 unspecified atom stereocenters. The molecule has 0 saturated carbocycles. The molecule has 1 N–H and O–H groups in total. The predicted molar refractivity (Wildman–Crippen MR) is 81.3 cm³/mol. The molecule has 0 aromatic heterocycles. The van der Waals surface area contributed by atoms with Crippen molar-refractivity contribution in [3.63, 3.8) is 0 Å². The van der Waals surface area contributed by atoms with E-state index in [4.69, 9.17) is 16.9 Å². The molecule has 0 spiro atoms. The number of nitrogens with zero attached hydrogens (tertiary/aromatic N) is 2. The number of nitriles is 1. The van der Waals surface area contributed by atoms with E-state index in [1.165, 1.54) is 12.1 Å². The van der Waals surface area contributed by atoms with E-state index < -0.39 is 4.92 Å². The number of nitro groups is 1. The molecule has 1 atom stereocenters. The minimum atomic E-state index is -0.473. The Labute approximate surface area is 126 Å². The molecule has 0 aliphatic heterocycles. The average molecular weight is 302 g/mol. The molecule has 0 aliphatic carbocycles. The molecule has 0 bridgehead atoms. The van der Waals surface area contributed by atoms with Crippen molar-refractivity contribution >= 4 is 23.0 Å². The largest absolute Gasteiger partial charge is 0.372 e. The number of hydrogen-bond donors (Lipinski definition) is 1. The van der Waals surface area contributed by atoms with Crippen molar-refractivity contribution in [2.75, 3.05) is 5.32 Å². The second-order valence-electron chi connectivity index (χ2n) is 4.49. The molecule has 6 heteroatoms. The van der Waals surface area contributed by atoms with Gasteiger partial charge < -0.3 is 5.32 Å². The Bertz CT molecular complexity index is 708. The Morgan fingerprint density at radius 3 is 2.52 bits per heavy atom. The van der Waals surface area contributed by atoms with Gasteiger partial charge in [-0.2, -0.15) is 5.26 Å². The Balaban J connectivity index is 2.29. The summed E-state index contributed by atoms with van der Waals surface area (Å²) in [6.07, 6.45) is 0. The summed E-state index contributed by atoms with van der Waals surface area (Å²) in [5.74, 6) is 0. The zero-order chi connectivity index (χ0) is 15.4. The summed E-state index contributed by atoms with van der Waals surface area (Å²) in [4.78, 5) is 10.6. The van der Waals surface area contributed by atoms with Crippen molar-refractivity contribution in [1.29, 1.82) is 5.26 Å². The minimum Gasteiger partial charge on any atom is -0.372 e. The monoisotopic (exact) mass is 301 g/mol. The van der Waals surface area contributed by atoms with Gasteiger partial charge >= 0.3 is 0 Å². The third-order valence-electron chi connectivity index (χ3n) is 3.09. The minimum absolute atomic E-state index is 0.0667. The van der Waals surface area contributed by atoms with Gasteiger partial charge in [-0.25, -0.2) is 0 Å². The van der Waals surface area contributed by atoms with Gasteiger partial charge in [0.15, 0.2) is 0 Å². The highest BCUT2D eigenvalue weighted by molar-refractivity contribution is 6.33. The topological polar surface area (TPSA) is 79.0 Å². The molecule has 0 heterocycles. The number of hydrogen-bond acceptors (Lipinski definition) is 4. The van der Waals surface area contributed by atoms with E-state index in [-0.39, 0.29) is 11.7 Å². The van der Waals surface area contributed by atoms with Crippen LogP contribution in [0.15, 0.2) is 42.5 Å². The lowest BCUT2D eigenvalue weighted by atomic mass is 10.1. The average Bonchev–Trinajstić information content (AvgIpc) is 2.49. The first-order valence-electron chi connectivity index (χ1n) is 6.22. The molecule has 5 nitrogen and oxygen atoms in total. The number of halogens is 1. The summed E-state index contributed by atoms with van der Waals surface area (Å²) in [5.41, 5.74) is 1.70. The quantitative estimate of drug-likeness (QED) is 0.674. The lowest BCUT2D eigenvalue weighted by Gasteiger charge is -2.16. The summed E-state index contributed by atoms with van der Waals surface area (Å²) in [7, 11) is 0. The molecule has 0 fully saturated rings. The summed E-state index contributed by atoms with van der Waals surface area (Å²) in [6.45, 7) is 1.87. The van der Waals surface area contributed by atoms with Crippen LogP contribution in [0.2, 0.25) is 5.02 Å². The van der Waals surface area contributed by atoms with E-state index in [0.29, 0.717) is 16.3 Å². The molecular weight excluding hydrogens is 290 g/mol. The SMILES string of the molecule is CC(Nc1c(Cl)cccc1[N+](=O)[O-])c1ccc(C#N)cc1. The van der Waals surface area contributed by atoms with Crippen molar-refractivity contribution in [1.82, 2.24) is 0 Å². The van der Waals surface area contributed by atoms with E-state index in [0.717, 1.165) is 5.56 Å². The molecule has 0 amide bonds. The summed E-state index contributed by atoms with van der Waals surface area (Å²) < 4.78 is 0. The Morgan fingerprint density at radius 1 is 1.29 bits per heavy atom. The molecule has 21 heavy (non-hydrogen) atoms. The third-order valence-corrected chi connectivity index (χ3v) is 3.40. The molecule has 106 valence electrons. The summed E-state index contributed by atoms with van der Waals surface area (Å²) >= 11 is 6.04. The van der Waals surface area contributed by atoms with Gasteiger partial charge in [-0.1, -0.05) is 29.8 Å². The van der Waals surface area contributed by atoms with Gasteiger partial charge in [-0.15, -0.1) is 0 Å². The smallest absolute Gasteiger partial charge is 0.293 e. The Morgan fingerprint density at radius 2 is 1.95 bits per heavy atom. The molecule has 2 rings (SSSR count). The van der Waals surface area contributed by atoms with Crippen molar-refractivity contribution in [3.8, 4) is 6.07 Å². The molecule has 2 aromatic rings. The highest BCUT2D eigenvalue weighted by atomic mass is 35.5. The first-order chi connectivity index (χ1) is 10.0. The van der Waals surface area contributed by atoms with Crippen LogP contribution in [-0.2, 0) is 0 Å². The lowest BCUT2D eigenvalue weighted by Crippen LogP contribution is -2.08. The van der Waals surface area contributed by atoms with Crippen molar-refractivity contribution in [3.05, 3.63) is 68.7 Å². The number of nitro benzene ring substituents is 1. The molecule has 2 aromatic carbocycles. The number of para-hydroxylation sites is 1. The van der Waals surface area contributed by atoms with E-state index in [1.807, 2.05) is 13.0 Å². The van der Waals surface area contributed by atoms with Crippen LogP contribution in [0.1, 0.15) is 24.1 Å². The highest BCUT2D eigenvalue weighted by Crippen LogP contribution is 2.34. The zero-order valence-corrected chi connectivity index (χ0v) is 12.0. The molecule has 0 aliphatic rings. The number of nitrogens with one attached hydrogen (secondary N) is 1. The third kappa shape index (κ3) is 3.30. The first kappa shape index (κ1) is 14.8. The van der Waals surface area contributed by atoms with Crippen LogP contribution in [0.4, 0.5) is 11.4 Å². The van der Waals surface area contributed by atoms with Gasteiger partial charge in [0, 0.05) is 12.1 Å². The zero-order valence-electron chi connectivity index (χ0n) is 11.2. The van der Waals surface area contributed by atoms with Gasteiger partial charge in [-0.3, -0.25) is 10.1 Å². The predicted octanol–water partition coefficient (Wildman–Crippen LogP) is 4.29.